The number of carbonyl (C=O) groups is 2. The minimum Gasteiger partial charge on any atom is -0.490 e. The number of aryl methyl sites for hydroxylation is 1. The van der Waals surface area contributed by atoms with Gasteiger partial charge in [-0.1, -0.05) is 30.7 Å². The Morgan fingerprint density at radius 2 is 1.59 bits per heavy atom. The normalized spacial score (nSPS) is 14.0. The lowest BCUT2D eigenvalue weighted by molar-refractivity contribution is -0.127. The standard InChI is InChI=1S/C26H32N2O4/c1-4-18-32-23-12-8-21(19-24(23)31-5-2)9-13-25(29)27-14-16-28(17-15-27)26(30)22-10-6-20(3)7-11-22/h6-13,19H,4-5,14-18H2,1-3H3/b13-9+. The molecule has 0 atom stereocenters. The number of carbonyl (C=O) groups excluding carboxylic acids is 2. The molecule has 0 aromatic heterocycles. The molecule has 6 nitrogen and oxygen atoms in total. The second kappa shape index (κ2) is 11.4. The number of hydrogen-bond donors (Lipinski definition) is 0. The van der Waals surface area contributed by atoms with E-state index in [-0.39, 0.29) is 11.8 Å². The van der Waals surface area contributed by atoms with Crippen LogP contribution in [0, 0.1) is 6.92 Å². The summed E-state index contributed by atoms with van der Waals surface area (Å²) in [6.45, 7) is 9.27. The van der Waals surface area contributed by atoms with Gasteiger partial charge in [-0.05, 0) is 56.2 Å². The number of amides is 2. The lowest BCUT2D eigenvalue weighted by Gasteiger charge is -2.34. The summed E-state index contributed by atoms with van der Waals surface area (Å²) in [6, 6.07) is 13.3. The third kappa shape index (κ3) is 6.13. The van der Waals surface area contributed by atoms with Gasteiger partial charge in [0.2, 0.25) is 5.91 Å². The number of benzene rings is 2. The summed E-state index contributed by atoms with van der Waals surface area (Å²) >= 11 is 0. The van der Waals surface area contributed by atoms with Gasteiger partial charge in [-0.2, -0.15) is 0 Å². The highest BCUT2D eigenvalue weighted by Crippen LogP contribution is 2.29. The van der Waals surface area contributed by atoms with Gasteiger partial charge in [-0.15, -0.1) is 0 Å². The zero-order valence-corrected chi connectivity index (χ0v) is 19.2. The van der Waals surface area contributed by atoms with Crippen LogP contribution in [0.1, 0.15) is 41.8 Å². The first kappa shape index (κ1) is 23.4. The van der Waals surface area contributed by atoms with E-state index in [9.17, 15) is 9.59 Å². The largest absolute Gasteiger partial charge is 0.490 e. The van der Waals surface area contributed by atoms with E-state index in [0.29, 0.717) is 56.5 Å². The molecule has 32 heavy (non-hydrogen) atoms. The first-order valence-corrected chi connectivity index (χ1v) is 11.2. The Labute approximate surface area is 190 Å². The van der Waals surface area contributed by atoms with Crippen LogP contribution in [-0.2, 0) is 4.79 Å². The lowest BCUT2D eigenvalue weighted by atomic mass is 10.1. The van der Waals surface area contributed by atoms with Crippen molar-refractivity contribution in [3.05, 3.63) is 65.2 Å². The third-order valence-corrected chi connectivity index (χ3v) is 5.32. The van der Waals surface area contributed by atoms with Gasteiger partial charge in [0.1, 0.15) is 0 Å². The Balaban J connectivity index is 1.56. The van der Waals surface area contributed by atoms with Crippen molar-refractivity contribution in [3.63, 3.8) is 0 Å². The van der Waals surface area contributed by atoms with E-state index in [2.05, 4.69) is 6.92 Å². The maximum absolute atomic E-state index is 12.7. The SMILES string of the molecule is CCCOc1ccc(/C=C/C(=O)N2CCN(C(=O)c3ccc(C)cc3)CC2)cc1OCC. The zero-order valence-electron chi connectivity index (χ0n) is 19.2. The van der Waals surface area contributed by atoms with Crippen molar-refractivity contribution in [2.24, 2.45) is 0 Å². The van der Waals surface area contributed by atoms with Crippen LogP contribution in [0.4, 0.5) is 0 Å². The van der Waals surface area contributed by atoms with Crippen molar-refractivity contribution in [1.82, 2.24) is 9.80 Å². The first-order valence-electron chi connectivity index (χ1n) is 11.2. The van der Waals surface area contributed by atoms with Gasteiger partial charge < -0.3 is 19.3 Å². The average Bonchev–Trinajstić information content (AvgIpc) is 2.82. The van der Waals surface area contributed by atoms with E-state index in [1.54, 1.807) is 17.1 Å². The van der Waals surface area contributed by atoms with Crippen LogP contribution in [0.3, 0.4) is 0 Å². The molecule has 2 aromatic carbocycles. The Kier molecular flexibility index (Phi) is 8.31. The van der Waals surface area contributed by atoms with Crippen molar-refractivity contribution in [2.75, 3.05) is 39.4 Å². The monoisotopic (exact) mass is 436 g/mol. The van der Waals surface area contributed by atoms with Crippen molar-refractivity contribution in [2.45, 2.75) is 27.2 Å². The molecule has 2 amide bonds. The van der Waals surface area contributed by atoms with E-state index in [0.717, 1.165) is 17.5 Å². The highest BCUT2D eigenvalue weighted by atomic mass is 16.5. The van der Waals surface area contributed by atoms with Gasteiger partial charge in [0.15, 0.2) is 11.5 Å². The van der Waals surface area contributed by atoms with Crippen LogP contribution in [0.2, 0.25) is 0 Å². The minimum atomic E-state index is -0.0586. The van der Waals surface area contributed by atoms with Gasteiger partial charge in [-0.25, -0.2) is 0 Å². The van der Waals surface area contributed by atoms with Crippen LogP contribution < -0.4 is 9.47 Å². The van der Waals surface area contributed by atoms with Crippen LogP contribution >= 0.6 is 0 Å². The van der Waals surface area contributed by atoms with E-state index in [4.69, 9.17) is 9.47 Å². The van der Waals surface area contributed by atoms with Crippen LogP contribution in [0.5, 0.6) is 11.5 Å². The van der Waals surface area contributed by atoms with E-state index < -0.39 is 0 Å². The fourth-order valence-electron chi connectivity index (χ4n) is 3.51. The molecule has 3 rings (SSSR count). The second-order valence-corrected chi connectivity index (χ2v) is 7.80. The quantitative estimate of drug-likeness (QED) is 0.583. The predicted molar refractivity (Wildman–Crippen MR) is 126 cm³/mol. The molecule has 0 saturated carbocycles. The van der Waals surface area contributed by atoms with E-state index in [1.807, 2.05) is 61.2 Å². The summed E-state index contributed by atoms with van der Waals surface area (Å²) in [6.07, 6.45) is 4.29. The number of hydrogen-bond acceptors (Lipinski definition) is 4. The minimum absolute atomic E-state index is 0.0153. The highest BCUT2D eigenvalue weighted by Gasteiger charge is 2.23. The summed E-state index contributed by atoms with van der Waals surface area (Å²) in [5.74, 6) is 1.35. The molecule has 0 aliphatic carbocycles. The fourth-order valence-corrected chi connectivity index (χ4v) is 3.51. The molecular weight excluding hydrogens is 404 g/mol. The highest BCUT2D eigenvalue weighted by molar-refractivity contribution is 5.95. The number of piperazine rings is 1. The van der Waals surface area contributed by atoms with E-state index >= 15 is 0 Å². The Bertz CT molecular complexity index is 945. The van der Waals surface area contributed by atoms with Crippen LogP contribution in [-0.4, -0.2) is 61.0 Å². The van der Waals surface area contributed by atoms with Crippen LogP contribution in [0.25, 0.3) is 6.08 Å². The molecule has 0 radical (unpaired) electrons. The van der Waals surface area contributed by atoms with Gasteiger partial charge >= 0.3 is 0 Å². The molecule has 1 aliphatic heterocycles. The summed E-state index contributed by atoms with van der Waals surface area (Å²) < 4.78 is 11.4. The predicted octanol–water partition coefficient (Wildman–Crippen LogP) is 4.18. The first-order chi connectivity index (χ1) is 15.5. The molecule has 170 valence electrons. The smallest absolute Gasteiger partial charge is 0.253 e. The van der Waals surface area contributed by atoms with Crippen molar-refractivity contribution < 1.29 is 19.1 Å². The third-order valence-electron chi connectivity index (χ3n) is 5.32. The Morgan fingerprint density at radius 3 is 2.25 bits per heavy atom. The molecular formula is C26H32N2O4. The Morgan fingerprint density at radius 1 is 0.906 bits per heavy atom. The average molecular weight is 437 g/mol. The molecule has 1 fully saturated rings. The summed E-state index contributed by atoms with van der Waals surface area (Å²) in [5, 5.41) is 0. The van der Waals surface area contributed by atoms with Gasteiger partial charge in [0.25, 0.3) is 5.91 Å². The number of rotatable bonds is 8. The second-order valence-electron chi connectivity index (χ2n) is 7.80. The van der Waals surface area contributed by atoms with Crippen molar-refractivity contribution >= 4 is 17.9 Å². The maximum Gasteiger partial charge on any atom is 0.253 e. The molecule has 0 N–H and O–H groups in total. The molecule has 2 aromatic rings. The maximum atomic E-state index is 12.7. The molecule has 6 heteroatoms. The van der Waals surface area contributed by atoms with Crippen molar-refractivity contribution in [3.8, 4) is 11.5 Å². The van der Waals surface area contributed by atoms with Gasteiger partial charge in [0, 0.05) is 37.8 Å². The summed E-state index contributed by atoms with van der Waals surface area (Å²) in [7, 11) is 0. The summed E-state index contributed by atoms with van der Waals surface area (Å²) in [4.78, 5) is 28.9. The molecule has 1 aliphatic rings. The number of ether oxygens (including phenoxy) is 2. The Hall–Kier alpha value is -3.28. The van der Waals surface area contributed by atoms with Crippen LogP contribution in [0.15, 0.2) is 48.5 Å². The summed E-state index contributed by atoms with van der Waals surface area (Å²) in [5.41, 5.74) is 2.69. The van der Waals surface area contributed by atoms with E-state index in [1.165, 1.54) is 0 Å². The topological polar surface area (TPSA) is 59.1 Å². The lowest BCUT2D eigenvalue weighted by Crippen LogP contribution is -2.50. The molecule has 1 saturated heterocycles. The van der Waals surface area contributed by atoms with Gasteiger partial charge in [-0.3, -0.25) is 9.59 Å². The molecule has 0 unspecified atom stereocenters. The van der Waals surface area contributed by atoms with Gasteiger partial charge in [0.05, 0.1) is 13.2 Å². The van der Waals surface area contributed by atoms with Crippen molar-refractivity contribution in [1.29, 1.82) is 0 Å². The molecule has 0 bridgehead atoms. The number of nitrogens with zero attached hydrogens (tertiary/aromatic N) is 2. The molecule has 0 spiro atoms. The molecule has 1 heterocycles. The zero-order chi connectivity index (χ0) is 22.9. The fraction of sp³-hybridized carbons (Fsp3) is 0.385.